The molecule has 2 heterocycles. The van der Waals surface area contributed by atoms with Crippen molar-refractivity contribution in [3.63, 3.8) is 0 Å². The van der Waals surface area contributed by atoms with Gasteiger partial charge in [0.25, 0.3) is 0 Å². The van der Waals surface area contributed by atoms with Crippen molar-refractivity contribution in [2.24, 2.45) is 7.05 Å². The van der Waals surface area contributed by atoms with Crippen molar-refractivity contribution < 1.29 is 4.74 Å². The van der Waals surface area contributed by atoms with Gasteiger partial charge in [-0.1, -0.05) is 6.92 Å². The summed E-state index contributed by atoms with van der Waals surface area (Å²) >= 11 is 5.95. The number of hydrogen-bond acceptors (Lipinski definition) is 5. The lowest BCUT2D eigenvalue weighted by atomic mass is 10.1. The Hall–Kier alpha value is -2.62. The molecule has 0 spiro atoms. The van der Waals surface area contributed by atoms with Gasteiger partial charge in [-0.3, -0.25) is 0 Å². The number of fused-ring (bicyclic) bond motifs is 1. The molecule has 27 heavy (non-hydrogen) atoms. The molecule has 140 valence electrons. The van der Waals surface area contributed by atoms with E-state index in [0.29, 0.717) is 17.9 Å². The van der Waals surface area contributed by atoms with Crippen LogP contribution in [0.1, 0.15) is 18.9 Å². The Bertz CT molecular complexity index is 992. The molecule has 0 saturated carbocycles. The summed E-state index contributed by atoms with van der Waals surface area (Å²) in [6.45, 7) is 4.75. The molecule has 6 nitrogen and oxygen atoms in total. The number of nitrogens with zero attached hydrogens (tertiary/aromatic N) is 5. The molecule has 0 unspecified atom stereocenters. The van der Waals surface area contributed by atoms with Gasteiger partial charge in [-0.2, -0.15) is 5.26 Å². The van der Waals surface area contributed by atoms with Gasteiger partial charge in [0, 0.05) is 36.8 Å². The molecule has 1 aromatic carbocycles. The van der Waals surface area contributed by atoms with E-state index in [1.165, 1.54) is 6.20 Å². The third-order valence-corrected chi connectivity index (χ3v) is 4.63. The van der Waals surface area contributed by atoms with Crippen LogP contribution in [-0.4, -0.2) is 46.2 Å². The Morgan fingerprint density at radius 2 is 2.15 bits per heavy atom. The minimum Gasteiger partial charge on any atom is -0.492 e. The zero-order chi connectivity index (χ0) is 19.4. The lowest BCUT2D eigenvalue weighted by Gasteiger charge is -2.15. The molecule has 0 aliphatic heterocycles. The predicted octanol–water partition coefficient (Wildman–Crippen LogP) is 3.88. The number of halogens is 1. The molecule has 0 fully saturated rings. The molecule has 0 aliphatic rings. The summed E-state index contributed by atoms with van der Waals surface area (Å²) in [6.07, 6.45) is 4.53. The molecule has 0 amide bonds. The summed E-state index contributed by atoms with van der Waals surface area (Å²) in [4.78, 5) is 10.4. The van der Waals surface area contributed by atoms with Crippen molar-refractivity contribution in [3.8, 4) is 23.1 Å². The highest BCUT2D eigenvalue weighted by atomic mass is 35.5. The van der Waals surface area contributed by atoms with E-state index < -0.39 is 0 Å². The van der Waals surface area contributed by atoms with Crippen molar-refractivity contribution in [2.75, 3.05) is 26.7 Å². The van der Waals surface area contributed by atoms with Crippen LogP contribution >= 0.6 is 11.6 Å². The number of likely N-dealkylation sites (N-methyl/N-ethyl adjacent to an activating group) is 1. The first kappa shape index (κ1) is 19.2. The van der Waals surface area contributed by atoms with E-state index in [1.54, 1.807) is 0 Å². The first-order valence-electron chi connectivity index (χ1n) is 8.87. The molecule has 7 heteroatoms. The lowest BCUT2D eigenvalue weighted by Crippen LogP contribution is -2.24. The van der Waals surface area contributed by atoms with Gasteiger partial charge in [-0.15, -0.1) is 0 Å². The van der Waals surface area contributed by atoms with E-state index in [4.69, 9.17) is 16.3 Å². The molecule has 2 aromatic heterocycles. The van der Waals surface area contributed by atoms with Gasteiger partial charge in [0.05, 0.1) is 23.0 Å². The van der Waals surface area contributed by atoms with Crippen LogP contribution in [0.25, 0.3) is 22.2 Å². The third kappa shape index (κ3) is 4.21. The zero-order valence-corrected chi connectivity index (χ0v) is 16.5. The van der Waals surface area contributed by atoms with Crippen LogP contribution in [0, 0.1) is 11.3 Å². The highest BCUT2D eigenvalue weighted by Crippen LogP contribution is 2.33. The van der Waals surface area contributed by atoms with E-state index >= 15 is 0 Å². The van der Waals surface area contributed by atoms with Crippen LogP contribution in [0.5, 0.6) is 5.75 Å². The summed E-state index contributed by atoms with van der Waals surface area (Å²) in [5.41, 5.74) is 2.79. The van der Waals surface area contributed by atoms with Crippen LogP contribution in [0.2, 0.25) is 5.28 Å². The van der Waals surface area contributed by atoms with E-state index in [1.807, 2.05) is 36.0 Å². The average molecular weight is 384 g/mol. The standard InChI is InChI=1S/C20H22ClN5O/c1-4-7-25(2)8-9-27-15-5-6-16-17(13-26(3)18(16)10-15)19-14(11-22)12-23-20(21)24-19/h5-6,10,12-13H,4,7-9H2,1-3H3. The van der Waals surface area contributed by atoms with E-state index in [9.17, 15) is 5.26 Å². The van der Waals surface area contributed by atoms with Gasteiger partial charge >= 0.3 is 0 Å². The van der Waals surface area contributed by atoms with Crippen LogP contribution in [0.15, 0.2) is 30.6 Å². The lowest BCUT2D eigenvalue weighted by molar-refractivity contribution is 0.238. The Morgan fingerprint density at radius 1 is 1.33 bits per heavy atom. The Balaban J connectivity index is 1.89. The summed E-state index contributed by atoms with van der Waals surface area (Å²) in [6, 6.07) is 8.08. The number of rotatable bonds is 7. The molecule has 0 aliphatic carbocycles. The van der Waals surface area contributed by atoms with Crippen molar-refractivity contribution in [2.45, 2.75) is 13.3 Å². The smallest absolute Gasteiger partial charge is 0.222 e. The minimum absolute atomic E-state index is 0.122. The van der Waals surface area contributed by atoms with Crippen LogP contribution < -0.4 is 4.74 Å². The van der Waals surface area contributed by atoms with Gasteiger partial charge in [-0.25, -0.2) is 9.97 Å². The van der Waals surface area contributed by atoms with Crippen molar-refractivity contribution in [3.05, 3.63) is 41.4 Å². The molecule has 0 N–H and O–H groups in total. The van der Waals surface area contributed by atoms with Gasteiger partial charge < -0.3 is 14.2 Å². The molecule has 3 rings (SSSR count). The first-order valence-corrected chi connectivity index (χ1v) is 9.24. The van der Waals surface area contributed by atoms with Gasteiger partial charge in [0.1, 0.15) is 18.4 Å². The molecule has 0 saturated heterocycles. The molecule has 3 aromatic rings. The second-order valence-corrected chi connectivity index (χ2v) is 6.84. The quantitative estimate of drug-likeness (QED) is 0.579. The van der Waals surface area contributed by atoms with Gasteiger partial charge in [0.15, 0.2) is 0 Å². The number of ether oxygens (including phenoxy) is 1. The predicted molar refractivity (Wildman–Crippen MR) is 107 cm³/mol. The fraction of sp³-hybridized carbons (Fsp3) is 0.350. The highest BCUT2D eigenvalue weighted by Gasteiger charge is 2.15. The minimum atomic E-state index is 0.122. The number of benzene rings is 1. The van der Waals surface area contributed by atoms with Crippen LogP contribution in [-0.2, 0) is 7.05 Å². The molecule has 0 atom stereocenters. The number of aromatic nitrogens is 3. The Morgan fingerprint density at radius 3 is 2.89 bits per heavy atom. The first-order chi connectivity index (χ1) is 13.0. The molecular weight excluding hydrogens is 362 g/mol. The Kier molecular flexibility index (Phi) is 5.94. The topological polar surface area (TPSA) is 67.0 Å². The summed E-state index contributed by atoms with van der Waals surface area (Å²) in [5, 5.41) is 10.5. The maximum Gasteiger partial charge on any atom is 0.222 e. The largest absolute Gasteiger partial charge is 0.492 e. The number of nitriles is 1. The van der Waals surface area contributed by atoms with Crippen LogP contribution in [0.3, 0.4) is 0 Å². The summed E-state index contributed by atoms with van der Waals surface area (Å²) < 4.78 is 7.91. The second kappa shape index (κ2) is 8.38. The average Bonchev–Trinajstić information content (AvgIpc) is 2.98. The van der Waals surface area contributed by atoms with Crippen molar-refractivity contribution in [1.29, 1.82) is 5.26 Å². The van der Waals surface area contributed by atoms with E-state index in [0.717, 1.165) is 41.7 Å². The number of aryl methyl sites for hydroxylation is 1. The maximum atomic E-state index is 9.37. The fourth-order valence-electron chi connectivity index (χ4n) is 3.10. The van der Waals surface area contributed by atoms with Crippen molar-refractivity contribution in [1.82, 2.24) is 19.4 Å². The van der Waals surface area contributed by atoms with Crippen LogP contribution in [0.4, 0.5) is 0 Å². The molecule has 0 radical (unpaired) electrons. The second-order valence-electron chi connectivity index (χ2n) is 6.50. The summed E-state index contributed by atoms with van der Waals surface area (Å²) in [7, 11) is 4.05. The molecular formula is C20H22ClN5O. The fourth-order valence-corrected chi connectivity index (χ4v) is 3.24. The van der Waals surface area contributed by atoms with Gasteiger partial charge in [0.2, 0.25) is 5.28 Å². The van der Waals surface area contributed by atoms with Gasteiger partial charge in [-0.05, 0) is 43.7 Å². The van der Waals surface area contributed by atoms with E-state index in [-0.39, 0.29) is 5.28 Å². The summed E-state index contributed by atoms with van der Waals surface area (Å²) in [5.74, 6) is 0.821. The SMILES string of the molecule is CCCN(C)CCOc1ccc2c(-c3nc(Cl)ncc3C#N)cn(C)c2c1. The zero-order valence-electron chi connectivity index (χ0n) is 15.7. The Labute approximate surface area is 164 Å². The van der Waals surface area contributed by atoms with Crippen molar-refractivity contribution >= 4 is 22.5 Å². The van der Waals surface area contributed by atoms with E-state index in [2.05, 4.69) is 34.9 Å². The normalized spacial score (nSPS) is 11.1. The monoisotopic (exact) mass is 383 g/mol. The third-order valence-electron chi connectivity index (χ3n) is 4.44. The molecule has 0 bridgehead atoms. The maximum absolute atomic E-state index is 9.37. The number of hydrogen-bond donors (Lipinski definition) is 0. The highest BCUT2D eigenvalue weighted by molar-refractivity contribution is 6.28.